The Labute approximate surface area is 194 Å². The third kappa shape index (κ3) is 3.73. The molecule has 7 heteroatoms. The van der Waals surface area contributed by atoms with Crippen LogP contribution in [-0.4, -0.2) is 42.9 Å². The smallest absolute Gasteiger partial charge is 0.0960 e. The summed E-state index contributed by atoms with van der Waals surface area (Å²) in [4.78, 5) is 4.94. The third-order valence-corrected chi connectivity index (χ3v) is 7.21. The highest BCUT2D eigenvalue weighted by atomic mass is 16.5. The van der Waals surface area contributed by atoms with E-state index in [1.54, 1.807) is 0 Å². The second-order valence-electron chi connectivity index (χ2n) is 9.80. The molecule has 0 amide bonds. The van der Waals surface area contributed by atoms with Crippen LogP contribution in [0.15, 0.2) is 30.5 Å². The lowest BCUT2D eigenvalue weighted by Gasteiger charge is -2.30. The van der Waals surface area contributed by atoms with Crippen molar-refractivity contribution in [2.24, 2.45) is 13.0 Å². The van der Waals surface area contributed by atoms with Crippen LogP contribution in [0, 0.1) is 5.92 Å². The second-order valence-corrected chi connectivity index (χ2v) is 9.80. The van der Waals surface area contributed by atoms with Crippen LogP contribution >= 0.6 is 0 Å². The molecule has 0 bridgehead atoms. The molecule has 4 aromatic rings. The lowest BCUT2D eigenvalue weighted by molar-refractivity contribution is 0.0524. The molecule has 4 heterocycles. The minimum Gasteiger partial charge on any atom is -0.386 e. The van der Waals surface area contributed by atoms with Crippen LogP contribution in [0.2, 0.25) is 0 Å². The number of rotatable bonds is 5. The summed E-state index contributed by atoms with van der Waals surface area (Å²) in [6.45, 7) is 9.70. The second kappa shape index (κ2) is 8.22. The molecule has 0 spiro atoms. The van der Waals surface area contributed by atoms with Crippen molar-refractivity contribution in [1.29, 1.82) is 0 Å². The minimum absolute atomic E-state index is 0.276. The van der Waals surface area contributed by atoms with Gasteiger partial charge >= 0.3 is 0 Å². The lowest BCUT2D eigenvalue weighted by Crippen LogP contribution is -2.24. The summed E-state index contributed by atoms with van der Waals surface area (Å²) in [5.41, 5.74) is 6.22. The summed E-state index contributed by atoms with van der Waals surface area (Å²) < 4.78 is 9.91. The molecular formula is C26H33N5O2. The van der Waals surface area contributed by atoms with Crippen molar-refractivity contribution < 1.29 is 9.84 Å². The van der Waals surface area contributed by atoms with Crippen molar-refractivity contribution in [2.45, 2.75) is 58.6 Å². The minimum atomic E-state index is -0.910. The molecule has 0 radical (unpaired) electrons. The molecule has 0 saturated carbocycles. The Bertz CT molecular complexity index is 1310. The number of fused-ring (bicyclic) bond motifs is 3. The van der Waals surface area contributed by atoms with Crippen LogP contribution < -0.4 is 0 Å². The molecule has 1 atom stereocenters. The van der Waals surface area contributed by atoms with Gasteiger partial charge in [0.05, 0.1) is 33.5 Å². The Morgan fingerprint density at radius 3 is 2.64 bits per heavy atom. The van der Waals surface area contributed by atoms with Crippen LogP contribution in [0.1, 0.15) is 57.8 Å². The fourth-order valence-corrected chi connectivity index (χ4v) is 5.25. The predicted octanol–water partition coefficient (Wildman–Crippen LogP) is 4.76. The van der Waals surface area contributed by atoms with Gasteiger partial charge in [0.2, 0.25) is 0 Å². The topological polar surface area (TPSA) is 78.0 Å². The number of ether oxygens (including phenoxy) is 1. The molecule has 1 N–H and O–H groups in total. The SMILES string of the molecule is CCc1nnn(C)c1-c1cnc2c3ccc(C(C)(C)O)cc3n([C@H](C)C3CCOCC3)c2c1. The van der Waals surface area contributed by atoms with Gasteiger partial charge in [-0.15, -0.1) is 5.10 Å². The first kappa shape index (κ1) is 22.0. The van der Waals surface area contributed by atoms with E-state index in [0.717, 1.165) is 76.9 Å². The Kier molecular flexibility index (Phi) is 5.49. The Balaban J connectivity index is 1.78. The van der Waals surface area contributed by atoms with Gasteiger partial charge in [-0.05, 0) is 63.6 Å². The van der Waals surface area contributed by atoms with Crippen LogP contribution in [0.4, 0.5) is 0 Å². The van der Waals surface area contributed by atoms with E-state index in [4.69, 9.17) is 9.72 Å². The van der Waals surface area contributed by atoms with E-state index in [1.165, 1.54) is 0 Å². The molecular weight excluding hydrogens is 414 g/mol. The number of aromatic nitrogens is 5. The van der Waals surface area contributed by atoms with Crippen LogP contribution in [0.5, 0.6) is 0 Å². The highest BCUT2D eigenvalue weighted by molar-refractivity contribution is 6.07. The van der Waals surface area contributed by atoms with Gasteiger partial charge in [0.1, 0.15) is 0 Å². The van der Waals surface area contributed by atoms with E-state index < -0.39 is 5.60 Å². The van der Waals surface area contributed by atoms with Crippen LogP contribution in [-0.2, 0) is 23.8 Å². The number of nitrogens with zero attached hydrogens (tertiary/aromatic N) is 5. The first-order valence-electron chi connectivity index (χ1n) is 11.9. The summed E-state index contributed by atoms with van der Waals surface area (Å²) in [6.07, 6.45) is 4.85. The zero-order valence-corrected chi connectivity index (χ0v) is 20.2. The van der Waals surface area contributed by atoms with E-state index in [9.17, 15) is 5.11 Å². The molecule has 3 aromatic heterocycles. The van der Waals surface area contributed by atoms with E-state index in [2.05, 4.69) is 46.9 Å². The maximum Gasteiger partial charge on any atom is 0.0960 e. The van der Waals surface area contributed by atoms with Gasteiger partial charge in [-0.3, -0.25) is 4.98 Å². The van der Waals surface area contributed by atoms with Crippen molar-refractivity contribution >= 4 is 21.9 Å². The third-order valence-electron chi connectivity index (χ3n) is 7.21. The fraction of sp³-hybridized carbons (Fsp3) is 0.500. The summed E-state index contributed by atoms with van der Waals surface area (Å²) in [7, 11) is 1.93. The number of hydrogen-bond acceptors (Lipinski definition) is 5. The summed E-state index contributed by atoms with van der Waals surface area (Å²) >= 11 is 0. The molecule has 1 aliphatic rings. The van der Waals surface area contributed by atoms with Gasteiger partial charge in [0, 0.05) is 43.4 Å². The van der Waals surface area contributed by atoms with Crippen molar-refractivity contribution in [1.82, 2.24) is 24.5 Å². The monoisotopic (exact) mass is 447 g/mol. The van der Waals surface area contributed by atoms with Crippen molar-refractivity contribution in [3.05, 3.63) is 41.7 Å². The number of hydrogen-bond donors (Lipinski definition) is 1. The molecule has 0 aliphatic carbocycles. The first-order valence-corrected chi connectivity index (χ1v) is 11.9. The highest BCUT2D eigenvalue weighted by Gasteiger charge is 2.27. The van der Waals surface area contributed by atoms with Gasteiger partial charge in [0.25, 0.3) is 0 Å². The standard InChI is InChI=1S/C26H33N5O2/c1-6-21-25(30(5)29-28-21)18-13-23-24(27-15-18)20-8-7-19(26(3,4)32)14-22(20)31(23)16(2)17-9-11-33-12-10-17/h7-8,13-17,32H,6,9-12H2,1-5H3/t16-/m1/s1. The van der Waals surface area contributed by atoms with E-state index in [-0.39, 0.29) is 6.04 Å². The lowest BCUT2D eigenvalue weighted by atomic mass is 9.92. The van der Waals surface area contributed by atoms with E-state index in [1.807, 2.05) is 37.8 Å². The molecule has 1 aromatic carbocycles. The highest BCUT2D eigenvalue weighted by Crippen LogP contribution is 2.39. The van der Waals surface area contributed by atoms with E-state index in [0.29, 0.717) is 5.92 Å². The number of benzene rings is 1. The number of aryl methyl sites for hydroxylation is 2. The summed E-state index contributed by atoms with van der Waals surface area (Å²) in [6, 6.07) is 8.77. The Morgan fingerprint density at radius 1 is 1.18 bits per heavy atom. The fourth-order valence-electron chi connectivity index (χ4n) is 5.25. The molecule has 0 unspecified atom stereocenters. The average molecular weight is 448 g/mol. The van der Waals surface area contributed by atoms with Crippen LogP contribution in [0.25, 0.3) is 33.2 Å². The Morgan fingerprint density at radius 2 is 1.94 bits per heavy atom. The van der Waals surface area contributed by atoms with Crippen molar-refractivity contribution in [2.75, 3.05) is 13.2 Å². The van der Waals surface area contributed by atoms with Crippen molar-refractivity contribution in [3.63, 3.8) is 0 Å². The van der Waals surface area contributed by atoms with Gasteiger partial charge < -0.3 is 14.4 Å². The van der Waals surface area contributed by atoms with Gasteiger partial charge in [-0.1, -0.05) is 24.3 Å². The van der Waals surface area contributed by atoms with Gasteiger partial charge in [-0.25, -0.2) is 4.68 Å². The van der Waals surface area contributed by atoms with Crippen molar-refractivity contribution in [3.8, 4) is 11.3 Å². The molecule has 174 valence electrons. The quantitative estimate of drug-likeness (QED) is 0.477. The normalized spacial score (nSPS) is 16.7. The molecule has 7 nitrogen and oxygen atoms in total. The molecule has 5 rings (SSSR count). The Hall–Kier alpha value is -2.77. The maximum absolute atomic E-state index is 10.7. The number of aliphatic hydroxyl groups is 1. The zero-order chi connectivity index (χ0) is 23.3. The summed E-state index contributed by atoms with van der Waals surface area (Å²) in [5, 5.41) is 20.4. The molecule has 1 saturated heterocycles. The maximum atomic E-state index is 10.7. The molecule has 1 fully saturated rings. The predicted molar refractivity (Wildman–Crippen MR) is 130 cm³/mol. The summed E-state index contributed by atoms with van der Waals surface area (Å²) in [5.74, 6) is 0.525. The molecule has 1 aliphatic heterocycles. The van der Waals surface area contributed by atoms with Gasteiger partial charge in [0.15, 0.2) is 0 Å². The van der Waals surface area contributed by atoms with E-state index >= 15 is 0 Å². The first-order chi connectivity index (χ1) is 15.8. The average Bonchev–Trinajstić information content (AvgIpc) is 3.34. The van der Waals surface area contributed by atoms with Crippen LogP contribution in [0.3, 0.4) is 0 Å². The zero-order valence-electron chi connectivity index (χ0n) is 20.2. The largest absolute Gasteiger partial charge is 0.386 e. The molecule has 33 heavy (non-hydrogen) atoms. The van der Waals surface area contributed by atoms with Gasteiger partial charge in [-0.2, -0.15) is 0 Å². The number of pyridine rings is 1.